The largest absolute Gasteiger partial charge is 0.443 e. The normalized spacial score (nSPS) is 20.2. The summed E-state index contributed by atoms with van der Waals surface area (Å²) in [6.45, 7) is 2.86. The summed E-state index contributed by atoms with van der Waals surface area (Å²) >= 11 is 0.720. The maximum absolute atomic E-state index is 12.6. The Balaban J connectivity index is 1.76. The number of thiazole rings is 1. The van der Waals surface area contributed by atoms with Crippen molar-refractivity contribution in [3.05, 3.63) is 46.2 Å². The van der Waals surface area contributed by atoms with Gasteiger partial charge in [0.15, 0.2) is 5.01 Å². The maximum atomic E-state index is 12.6. The SMILES string of the molecule is FC(F)(F)c1ncc(CN2CCNCC2c2ccncc2)s1. The van der Waals surface area contributed by atoms with Crippen molar-refractivity contribution in [1.29, 1.82) is 0 Å². The monoisotopic (exact) mass is 328 g/mol. The summed E-state index contributed by atoms with van der Waals surface area (Å²) in [6, 6.07) is 4.02. The Hall–Kier alpha value is -1.51. The Morgan fingerprint density at radius 2 is 2.09 bits per heavy atom. The highest BCUT2D eigenvalue weighted by Gasteiger charge is 2.35. The van der Waals surface area contributed by atoms with Gasteiger partial charge < -0.3 is 5.32 Å². The van der Waals surface area contributed by atoms with E-state index in [2.05, 4.69) is 20.2 Å². The maximum Gasteiger partial charge on any atom is 0.443 e. The lowest BCUT2D eigenvalue weighted by Gasteiger charge is -2.36. The van der Waals surface area contributed by atoms with Crippen LogP contribution in [0.5, 0.6) is 0 Å². The second-order valence-corrected chi connectivity index (χ2v) is 6.22. The minimum atomic E-state index is -4.36. The molecule has 1 fully saturated rings. The van der Waals surface area contributed by atoms with Gasteiger partial charge in [-0.05, 0) is 17.7 Å². The number of nitrogens with one attached hydrogen (secondary N) is 1. The van der Waals surface area contributed by atoms with E-state index in [1.807, 2.05) is 12.1 Å². The average Bonchev–Trinajstić information content (AvgIpc) is 2.97. The minimum Gasteiger partial charge on any atom is -0.314 e. The van der Waals surface area contributed by atoms with Crippen LogP contribution in [0.15, 0.2) is 30.7 Å². The number of hydrogen-bond acceptors (Lipinski definition) is 5. The summed E-state index contributed by atoms with van der Waals surface area (Å²) in [5.41, 5.74) is 1.11. The quantitative estimate of drug-likeness (QED) is 0.941. The molecule has 0 aliphatic carbocycles. The second-order valence-electron chi connectivity index (χ2n) is 5.10. The molecule has 3 heterocycles. The van der Waals surface area contributed by atoms with Crippen molar-refractivity contribution >= 4 is 11.3 Å². The van der Waals surface area contributed by atoms with Crippen LogP contribution in [0.25, 0.3) is 0 Å². The number of hydrogen-bond donors (Lipinski definition) is 1. The topological polar surface area (TPSA) is 41.1 Å². The molecular formula is C14H15F3N4S. The highest BCUT2D eigenvalue weighted by Crippen LogP contribution is 2.33. The summed E-state index contributed by atoms with van der Waals surface area (Å²) in [7, 11) is 0. The third-order valence-electron chi connectivity index (χ3n) is 3.60. The zero-order valence-corrected chi connectivity index (χ0v) is 12.5. The molecular weight excluding hydrogens is 313 g/mol. The number of alkyl halides is 3. The second kappa shape index (κ2) is 6.31. The molecule has 0 aromatic carbocycles. The van der Waals surface area contributed by atoms with Crippen LogP contribution in [-0.2, 0) is 12.7 Å². The number of rotatable bonds is 3. The van der Waals surface area contributed by atoms with E-state index < -0.39 is 11.2 Å². The first-order chi connectivity index (χ1) is 10.5. The van der Waals surface area contributed by atoms with Gasteiger partial charge in [-0.1, -0.05) is 0 Å². The van der Waals surface area contributed by atoms with E-state index in [0.717, 1.165) is 36.5 Å². The van der Waals surface area contributed by atoms with Crippen LogP contribution in [0.4, 0.5) is 13.2 Å². The molecule has 1 N–H and O–H groups in total. The number of nitrogens with zero attached hydrogens (tertiary/aromatic N) is 3. The van der Waals surface area contributed by atoms with Crippen molar-refractivity contribution in [2.24, 2.45) is 0 Å². The number of pyridine rings is 1. The molecule has 1 aliphatic rings. The molecule has 118 valence electrons. The Bertz CT molecular complexity index is 614. The molecule has 22 heavy (non-hydrogen) atoms. The van der Waals surface area contributed by atoms with Crippen LogP contribution in [-0.4, -0.2) is 34.5 Å². The third kappa shape index (κ3) is 3.45. The predicted octanol–water partition coefficient (Wildman–Crippen LogP) is 2.70. The lowest BCUT2D eigenvalue weighted by atomic mass is 10.0. The molecule has 1 unspecified atom stereocenters. The number of aromatic nitrogens is 2. The van der Waals surface area contributed by atoms with Crippen molar-refractivity contribution < 1.29 is 13.2 Å². The van der Waals surface area contributed by atoms with Crippen LogP contribution in [0, 0.1) is 0 Å². The van der Waals surface area contributed by atoms with E-state index in [0.29, 0.717) is 11.4 Å². The molecule has 3 rings (SSSR count). The van der Waals surface area contributed by atoms with Crippen molar-refractivity contribution in [3.8, 4) is 0 Å². The highest BCUT2D eigenvalue weighted by atomic mass is 32.1. The highest BCUT2D eigenvalue weighted by molar-refractivity contribution is 7.11. The molecule has 0 spiro atoms. The van der Waals surface area contributed by atoms with Gasteiger partial charge in [-0.2, -0.15) is 13.2 Å². The molecule has 0 saturated carbocycles. The van der Waals surface area contributed by atoms with Crippen LogP contribution < -0.4 is 5.32 Å². The first-order valence-electron chi connectivity index (χ1n) is 6.90. The molecule has 8 heteroatoms. The average molecular weight is 328 g/mol. The van der Waals surface area contributed by atoms with E-state index in [1.54, 1.807) is 12.4 Å². The number of halogens is 3. The fraction of sp³-hybridized carbons (Fsp3) is 0.429. The van der Waals surface area contributed by atoms with Gasteiger partial charge in [-0.15, -0.1) is 11.3 Å². The van der Waals surface area contributed by atoms with E-state index in [9.17, 15) is 13.2 Å². The van der Waals surface area contributed by atoms with E-state index in [1.165, 1.54) is 6.20 Å². The molecule has 1 atom stereocenters. The fourth-order valence-corrected chi connectivity index (χ4v) is 3.37. The summed E-state index contributed by atoms with van der Waals surface area (Å²) in [4.78, 5) is 10.3. The number of piperazine rings is 1. The van der Waals surface area contributed by atoms with Gasteiger partial charge >= 0.3 is 6.18 Å². The van der Waals surface area contributed by atoms with E-state index in [4.69, 9.17) is 0 Å². The van der Waals surface area contributed by atoms with Crippen molar-refractivity contribution in [2.45, 2.75) is 18.8 Å². The Morgan fingerprint density at radius 1 is 1.32 bits per heavy atom. The Labute approximate surface area is 130 Å². The van der Waals surface area contributed by atoms with Gasteiger partial charge in [-0.25, -0.2) is 4.98 Å². The summed E-state index contributed by atoms with van der Waals surface area (Å²) < 4.78 is 37.9. The smallest absolute Gasteiger partial charge is 0.314 e. The molecule has 0 radical (unpaired) electrons. The minimum absolute atomic E-state index is 0.133. The predicted molar refractivity (Wildman–Crippen MR) is 77.4 cm³/mol. The first kappa shape index (κ1) is 15.4. The Morgan fingerprint density at radius 3 is 2.77 bits per heavy atom. The Kier molecular flexibility index (Phi) is 4.42. The molecule has 2 aromatic heterocycles. The van der Waals surface area contributed by atoms with Crippen LogP contribution in [0.2, 0.25) is 0 Å². The first-order valence-corrected chi connectivity index (χ1v) is 7.72. The van der Waals surface area contributed by atoms with Crippen LogP contribution in [0.1, 0.15) is 21.5 Å². The molecule has 0 amide bonds. The lowest BCUT2D eigenvalue weighted by molar-refractivity contribution is -0.137. The standard InChI is InChI=1S/C14H15F3N4S/c15-14(16,17)13-20-7-11(22-13)9-21-6-5-19-8-12(21)10-1-3-18-4-2-10/h1-4,7,12,19H,5-6,8-9H2. The van der Waals surface area contributed by atoms with Gasteiger partial charge in [-0.3, -0.25) is 9.88 Å². The van der Waals surface area contributed by atoms with Crippen LogP contribution in [0.3, 0.4) is 0 Å². The molecule has 2 aromatic rings. The zero-order chi connectivity index (χ0) is 15.6. The summed E-state index contributed by atoms with van der Waals surface area (Å²) in [6.07, 6.45) is 0.434. The fourth-order valence-electron chi connectivity index (χ4n) is 2.56. The van der Waals surface area contributed by atoms with Gasteiger partial charge in [0.05, 0.1) is 0 Å². The van der Waals surface area contributed by atoms with Crippen LogP contribution >= 0.6 is 11.3 Å². The van der Waals surface area contributed by atoms with Crippen molar-refractivity contribution in [1.82, 2.24) is 20.2 Å². The van der Waals surface area contributed by atoms with Crippen molar-refractivity contribution in [3.63, 3.8) is 0 Å². The van der Waals surface area contributed by atoms with E-state index in [-0.39, 0.29) is 6.04 Å². The zero-order valence-electron chi connectivity index (χ0n) is 11.7. The molecule has 1 aliphatic heterocycles. The molecule has 1 saturated heterocycles. The van der Waals surface area contributed by atoms with E-state index >= 15 is 0 Å². The lowest BCUT2D eigenvalue weighted by Crippen LogP contribution is -2.45. The van der Waals surface area contributed by atoms with Gasteiger partial charge in [0.2, 0.25) is 0 Å². The molecule has 0 bridgehead atoms. The van der Waals surface area contributed by atoms with Gasteiger partial charge in [0.25, 0.3) is 0 Å². The van der Waals surface area contributed by atoms with Crippen molar-refractivity contribution in [2.75, 3.05) is 19.6 Å². The van der Waals surface area contributed by atoms with Gasteiger partial charge in [0.1, 0.15) is 0 Å². The summed E-state index contributed by atoms with van der Waals surface area (Å²) in [5.74, 6) is 0. The molecule has 4 nitrogen and oxygen atoms in total. The third-order valence-corrected chi connectivity index (χ3v) is 4.63. The van der Waals surface area contributed by atoms with Gasteiger partial charge in [0, 0.05) is 55.7 Å². The summed E-state index contributed by atoms with van der Waals surface area (Å²) in [5, 5.41) is 2.54.